The Kier molecular flexibility index (Phi) is 12.1. The molecule has 2 rings (SSSR count). The van der Waals surface area contributed by atoms with Gasteiger partial charge in [0.15, 0.2) is 5.96 Å². The molecule has 0 aromatic carbocycles. The van der Waals surface area contributed by atoms with Crippen LogP contribution in [-0.4, -0.2) is 102 Å². The van der Waals surface area contributed by atoms with Crippen LogP contribution in [0.1, 0.15) is 26.2 Å². The first kappa shape index (κ1) is 24.9. The lowest BCUT2D eigenvalue weighted by molar-refractivity contribution is -0.00263. The van der Waals surface area contributed by atoms with Crippen LogP contribution in [0.15, 0.2) is 4.99 Å². The fraction of sp³-hybridized carbons (Fsp3) is 0.947. The van der Waals surface area contributed by atoms with Crippen molar-refractivity contribution in [3.8, 4) is 0 Å². The molecule has 1 unspecified atom stereocenters. The third-order valence-electron chi connectivity index (χ3n) is 5.60. The maximum absolute atomic E-state index is 5.72. The summed E-state index contributed by atoms with van der Waals surface area (Å²) in [6.45, 7) is 9.69. The van der Waals surface area contributed by atoms with Crippen LogP contribution >= 0.6 is 24.0 Å². The molecule has 160 valence electrons. The van der Waals surface area contributed by atoms with Gasteiger partial charge in [0.1, 0.15) is 0 Å². The average molecular weight is 498 g/mol. The quantitative estimate of drug-likeness (QED) is 0.226. The van der Waals surface area contributed by atoms with E-state index in [2.05, 4.69) is 36.1 Å². The number of hydrogen-bond acceptors (Lipinski definition) is 5. The third-order valence-corrected chi connectivity index (χ3v) is 5.60. The third kappa shape index (κ3) is 7.64. The number of guanidine groups is 1. The van der Waals surface area contributed by atoms with Crippen LogP contribution in [0.25, 0.3) is 0 Å². The van der Waals surface area contributed by atoms with E-state index >= 15 is 0 Å². The molecule has 2 aliphatic rings. The second-order valence-corrected chi connectivity index (χ2v) is 7.57. The molecule has 0 spiro atoms. The summed E-state index contributed by atoms with van der Waals surface area (Å²) in [7, 11) is 6.03. The van der Waals surface area contributed by atoms with E-state index in [4.69, 9.17) is 19.2 Å². The van der Waals surface area contributed by atoms with Gasteiger partial charge >= 0.3 is 0 Å². The first-order valence-corrected chi connectivity index (χ1v) is 9.96. The summed E-state index contributed by atoms with van der Waals surface area (Å²) >= 11 is 0. The number of nitrogens with zero attached hydrogens (tertiary/aromatic N) is 3. The van der Waals surface area contributed by atoms with E-state index in [1.165, 1.54) is 0 Å². The molecule has 0 bridgehead atoms. The Balaban J connectivity index is 0.00000364. The molecule has 27 heavy (non-hydrogen) atoms. The van der Waals surface area contributed by atoms with Crippen LogP contribution in [0.2, 0.25) is 0 Å². The number of methoxy groups -OCH3 is 1. The van der Waals surface area contributed by atoms with Crippen LogP contribution in [0.5, 0.6) is 0 Å². The molecule has 0 saturated carbocycles. The molecule has 0 aromatic rings. The lowest BCUT2D eigenvalue weighted by Crippen LogP contribution is -2.52. The number of ether oxygens (including phenoxy) is 3. The maximum atomic E-state index is 5.72. The standard InChI is InChI=1S/C19H38N4O3.HI/c1-5-20-18(21-16-19(22(2)3)7-10-25-11-8-19)23-9-6-17(14-23)15-26-13-12-24-4;/h17H,5-16H2,1-4H3,(H,20,21);1H. The number of halogens is 1. The van der Waals surface area contributed by atoms with Gasteiger partial charge in [-0.1, -0.05) is 0 Å². The molecule has 0 aromatic heterocycles. The lowest BCUT2D eigenvalue weighted by atomic mass is 9.89. The minimum atomic E-state index is 0. The zero-order valence-electron chi connectivity index (χ0n) is 17.5. The Morgan fingerprint density at radius 3 is 2.67 bits per heavy atom. The molecule has 2 fully saturated rings. The predicted molar refractivity (Wildman–Crippen MR) is 120 cm³/mol. The molecule has 2 aliphatic heterocycles. The van der Waals surface area contributed by atoms with Gasteiger partial charge in [0.25, 0.3) is 0 Å². The monoisotopic (exact) mass is 498 g/mol. The van der Waals surface area contributed by atoms with E-state index in [-0.39, 0.29) is 29.5 Å². The fourth-order valence-electron chi connectivity index (χ4n) is 3.70. The Labute approximate surface area is 182 Å². The maximum Gasteiger partial charge on any atom is 0.193 e. The summed E-state index contributed by atoms with van der Waals surface area (Å²) in [4.78, 5) is 9.75. The summed E-state index contributed by atoms with van der Waals surface area (Å²) in [6.07, 6.45) is 3.24. The van der Waals surface area contributed by atoms with Crippen molar-refractivity contribution in [2.75, 3.05) is 80.4 Å². The molecule has 1 N–H and O–H groups in total. The van der Waals surface area contributed by atoms with E-state index < -0.39 is 0 Å². The summed E-state index contributed by atoms with van der Waals surface area (Å²) in [5, 5.41) is 3.48. The average Bonchev–Trinajstić information content (AvgIpc) is 3.11. The van der Waals surface area contributed by atoms with Crippen LogP contribution in [0, 0.1) is 5.92 Å². The van der Waals surface area contributed by atoms with Crippen LogP contribution in [0.3, 0.4) is 0 Å². The first-order chi connectivity index (χ1) is 12.6. The molecule has 2 saturated heterocycles. The zero-order valence-corrected chi connectivity index (χ0v) is 19.9. The van der Waals surface area contributed by atoms with Crippen molar-refractivity contribution in [3.05, 3.63) is 0 Å². The molecule has 7 nitrogen and oxygen atoms in total. The Morgan fingerprint density at radius 1 is 1.30 bits per heavy atom. The van der Waals surface area contributed by atoms with Crippen molar-refractivity contribution < 1.29 is 14.2 Å². The van der Waals surface area contributed by atoms with E-state index in [0.717, 1.165) is 71.2 Å². The number of likely N-dealkylation sites (N-methyl/N-ethyl adjacent to an activating group) is 1. The highest BCUT2D eigenvalue weighted by Gasteiger charge is 2.35. The smallest absolute Gasteiger partial charge is 0.193 e. The molecule has 0 aliphatic carbocycles. The van der Waals surface area contributed by atoms with Gasteiger partial charge in [0.05, 0.1) is 26.4 Å². The minimum Gasteiger partial charge on any atom is -0.382 e. The van der Waals surface area contributed by atoms with Crippen molar-refractivity contribution in [1.29, 1.82) is 0 Å². The van der Waals surface area contributed by atoms with Gasteiger partial charge in [-0.15, -0.1) is 24.0 Å². The Hall–Kier alpha value is -0.160. The van der Waals surface area contributed by atoms with E-state index in [1.54, 1.807) is 7.11 Å². The number of hydrogen-bond donors (Lipinski definition) is 1. The number of rotatable bonds is 9. The van der Waals surface area contributed by atoms with Gasteiger partial charge < -0.3 is 29.3 Å². The van der Waals surface area contributed by atoms with Gasteiger partial charge in [0, 0.05) is 51.4 Å². The Bertz CT molecular complexity index is 431. The molecule has 8 heteroatoms. The van der Waals surface area contributed by atoms with E-state index in [9.17, 15) is 0 Å². The topological polar surface area (TPSA) is 58.6 Å². The van der Waals surface area contributed by atoms with E-state index in [1.807, 2.05) is 0 Å². The summed E-state index contributed by atoms with van der Waals surface area (Å²) < 4.78 is 16.3. The van der Waals surface area contributed by atoms with Crippen LogP contribution in [-0.2, 0) is 14.2 Å². The van der Waals surface area contributed by atoms with Crippen molar-refractivity contribution in [2.45, 2.75) is 31.7 Å². The van der Waals surface area contributed by atoms with Gasteiger partial charge in [-0.25, -0.2) is 0 Å². The van der Waals surface area contributed by atoms with Crippen molar-refractivity contribution >= 4 is 29.9 Å². The second kappa shape index (κ2) is 13.1. The SMILES string of the molecule is CCNC(=NCC1(N(C)C)CCOCC1)N1CCC(COCCOC)C1.I. The summed E-state index contributed by atoms with van der Waals surface area (Å²) in [6, 6.07) is 0. The van der Waals surface area contributed by atoms with Crippen molar-refractivity contribution in [3.63, 3.8) is 0 Å². The normalized spacial score (nSPS) is 22.8. The molecule has 0 amide bonds. The first-order valence-electron chi connectivity index (χ1n) is 9.96. The molecular formula is C19H39IN4O3. The Morgan fingerprint density at radius 2 is 2.04 bits per heavy atom. The fourth-order valence-corrected chi connectivity index (χ4v) is 3.70. The van der Waals surface area contributed by atoms with Crippen LogP contribution in [0.4, 0.5) is 0 Å². The zero-order chi connectivity index (χ0) is 18.8. The highest BCUT2D eigenvalue weighted by molar-refractivity contribution is 14.0. The number of nitrogens with one attached hydrogen (secondary N) is 1. The largest absolute Gasteiger partial charge is 0.382 e. The summed E-state index contributed by atoms with van der Waals surface area (Å²) in [5.41, 5.74) is 0.112. The minimum absolute atomic E-state index is 0. The molecule has 0 radical (unpaired) electrons. The van der Waals surface area contributed by atoms with Crippen molar-refractivity contribution in [2.24, 2.45) is 10.9 Å². The van der Waals surface area contributed by atoms with Gasteiger partial charge in [0.2, 0.25) is 0 Å². The van der Waals surface area contributed by atoms with Gasteiger partial charge in [-0.3, -0.25) is 4.99 Å². The molecule has 1 atom stereocenters. The van der Waals surface area contributed by atoms with Gasteiger partial charge in [-0.2, -0.15) is 0 Å². The van der Waals surface area contributed by atoms with Gasteiger partial charge in [-0.05, 0) is 40.3 Å². The molecule has 2 heterocycles. The predicted octanol–water partition coefficient (Wildman–Crippen LogP) is 1.67. The number of likely N-dealkylation sites (tertiary alicyclic amines) is 1. The highest BCUT2D eigenvalue weighted by Crippen LogP contribution is 2.26. The highest BCUT2D eigenvalue weighted by atomic mass is 127. The van der Waals surface area contributed by atoms with Crippen molar-refractivity contribution in [1.82, 2.24) is 15.1 Å². The second-order valence-electron chi connectivity index (χ2n) is 7.57. The number of aliphatic imine (C=N–C) groups is 1. The van der Waals surface area contributed by atoms with E-state index in [0.29, 0.717) is 19.1 Å². The summed E-state index contributed by atoms with van der Waals surface area (Å²) in [5.74, 6) is 1.61. The van der Waals surface area contributed by atoms with Crippen LogP contribution < -0.4 is 5.32 Å². The molecular weight excluding hydrogens is 459 g/mol. The lowest BCUT2D eigenvalue weighted by Gasteiger charge is -2.42.